The summed E-state index contributed by atoms with van der Waals surface area (Å²) in [6, 6.07) is 6.77. The maximum Gasteiger partial charge on any atom is 0.419 e. The van der Waals surface area contributed by atoms with Crippen molar-refractivity contribution in [3.05, 3.63) is 63.6 Å². The number of alkyl halides is 3. The molecule has 1 nitrogen and oxygen atoms in total. The summed E-state index contributed by atoms with van der Waals surface area (Å²) in [5, 5.41) is 2.70. The fourth-order valence-electron chi connectivity index (χ4n) is 1.77. The van der Waals surface area contributed by atoms with Crippen LogP contribution >= 0.6 is 15.9 Å². The Labute approximate surface area is 125 Å². The zero-order valence-electron chi connectivity index (χ0n) is 10.4. The standard InChI is InChI=1S/C14H9BrF5N/c15-9-3-8(4-10(16)5-9)7-21-11-1-2-13(17)12(6-11)14(18,19)20/h1-6,21H,7H2. The molecule has 112 valence electrons. The molecule has 0 bridgehead atoms. The molecule has 0 radical (unpaired) electrons. The molecule has 0 saturated heterocycles. The summed E-state index contributed by atoms with van der Waals surface area (Å²) < 4.78 is 64.5. The first-order valence-corrected chi connectivity index (χ1v) is 6.60. The van der Waals surface area contributed by atoms with Crippen molar-refractivity contribution < 1.29 is 22.0 Å². The van der Waals surface area contributed by atoms with Gasteiger partial charge in [0.25, 0.3) is 0 Å². The Morgan fingerprint density at radius 3 is 2.33 bits per heavy atom. The van der Waals surface area contributed by atoms with Gasteiger partial charge in [-0.1, -0.05) is 15.9 Å². The van der Waals surface area contributed by atoms with Crippen molar-refractivity contribution in [3.8, 4) is 0 Å². The highest BCUT2D eigenvalue weighted by Gasteiger charge is 2.34. The molecule has 0 unspecified atom stereocenters. The number of halogens is 6. The summed E-state index contributed by atoms with van der Waals surface area (Å²) in [5.74, 6) is -1.79. The largest absolute Gasteiger partial charge is 0.419 e. The number of hydrogen-bond acceptors (Lipinski definition) is 1. The van der Waals surface area contributed by atoms with E-state index in [1.165, 1.54) is 18.2 Å². The van der Waals surface area contributed by atoms with E-state index in [9.17, 15) is 22.0 Å². The van der Waals surface area contributed by atoms with Crippen LogP contribution in [0.25, 0.3) is 0 Å². The van der Waals surface area contributed by atoms with Crippen LogP contribution in [0.4, 0.5) is 27.6 Å². The lowest BCUT2D eigenvalue weighted by molar-refractivity contribution is -0.139. The summed E-state index contributed by atoms with van der Waals surface area (Å²) in [6.45, 7) is 0.110. The first kappa shape index (κ1) is 15.8. The van der Waals surface area contributed by atoms with Crippen LogP contribution in [0.15, 0.2) is 40.9 Å². The Kier molecular flexibility index (Phi) is 4.51. The maximum absolute atomic E-state index is 13.2. The van der Waals surface area contributed by atoms with Gasteiger partial charge >= 0.3 is 6.18 Å². The van der Waals surface area contributed by atoms with Crippen LogP contribution in [0.2, 0.25) is 0 Å². The highest BCUT2D eigenvalue weighted by molar-refractivity contribution is 9.10. The summed E-state index contributed by atoms with van der Waals surface area (Å²) in [6.07, 6.45) is -4.76. The van der Waals surface area contributed by atoms with Crippen LogP contribution < -0.4 is 5.32 Å². The van der Waals surface area contributed by atoms with Crippen molar-refractivity contribution >= 4 is 21.6 Å². The van der Waals surface area contributed by atoms with Crippen molar-refractivity contribution in [1.82, 2.24) is 0 Å². The summed E-state index contributed by atoms with van der Waals surface area (Å²) in [5.41, 5.74) is -0.697. The van der Waals surface area contributed by atoms with E-state index in [-0.39, 0.29) is 12.2 Å². The number of nitrogens with one attached hydrogen (secondary N) is 1. The molecule has 0 aliphatic heterocycles. The predicted molar refractivity (Wildman–Crippen MR) is 72.8 cm³/mol. The minimum atomic E-state index is -4.76. The second kappa shape index (κ2) is 6.01. The number of hydrogen-bond donors (Lipinski definition) is 1. The van der Waals surface area contributed by atoms with E-state index in [1.54, 1.807) is 6.07 Å². The zero-order valence-corrected chi connectivity index (χ0v) is 12.0. The van der Waals surface area contributed by atoms with Gasteiger partial charge in [0.15, 0.2) is 0 Å². The molecular formula is C14H9BrF5N. The minimum Gasteiger partial charge on any atom is -0.381 e. The fourth-order valence-corrected chi connectivity index (χ4v) is 2.28. The molecule has 2 rings (SSSR count). The van der Waals surface area contributed by atoms with E-state index in [0.29, 0.717) is 16.1 Å². The first-order valence-electron chi connectivity index (χ1n) is 5.81. The molecule has 0 amide bonds. The molecule has 7 heteroatoms. The van der Waals surface area contributed by atoms with Crippen LogP contribution in [0, 0.1) is 11.6 Å². The monoisotopic (exact) mass is 365 g/mol. The Balaban J connectivity index is 2.17. The lowest BCUT2D eigenvalue weighted by atomic mass is 10.1. The van der Waals surface area contributed by atoms with Crippen molar-refractivity contribution in [3.63, 3.8) is 0 Å². The number of rotatable bonds is 3. The molecule has 21 heavy (non-hydrogen) atoms. The van der Waals surface area contributed by atoms with Crippen molar-refractivity contribution in [2.45, 2.75) is 12.7 Å². The smallest absolute Gasteiger partial charge is 0.381 e. The van der Waals surface area contributed by atoms with Gasteiger partial charge in [0.2, 0.25) is 0 Å². The Hall–Kier alpha value is -1.63. The van der Waals surface area contributed by atoms with Gasteiger partial charge < -0.3 is 5.32 Å². The molecule has 2 aromatic carbocycles. The van der Waals surface area contributed by atoms with E-state index in [4.69, 9.17) is 0 Å². The second-order valence-corrected chi connectivity index (χ2v) is 5.24. The lowest BCUT2D eigenvalue weighted by Crippen LogP contribution is -2.09. The van der Waals surface area contributed by atoms with Crippen LogP contribution in [-0.4, -0.2) is 0 Å². The average Bonchev–Trinajstić information content (AvgIpc) is 2.35. The van der Waals surface area contributed by atoms with Crippen LogP contribution in [-0.2, 0) is 12.7 Å². The molecule has 0 aromatic heterocycles. The number of benzene rings is 2. The topological polar surface area (TPSA) is 12.0 Å². The van der Waals surface area contributed by atoms with Crippen molar-refractivity contribution in [1.29, 1.82) is 0 Å². The van der Waals surface area contributed by atoms with E-state index in [1.807, 2.05) is 0 Å². The van der Waals surface area contributed by atoms with E-state index < -0.39 is 23.4 Å². The molecule has 0 heterocycles. The summed E-state index contributed by atoms with van der Waals surface area (Å²) in [7, 11) is 0. The SMILES string of the molecule is Fc1cc(Br)cc(CNc2ccc(F)c(C(F)(F)F)c2)c1. The van der Waals surface area contributed by atoms with Crippen molar-refractivity contribution in [2.24, 2.45) is 0 Å². The van der Waals surface area contributed by atoms with E-state index in [2.05, 4.69) is 21.2 Å². The second-order valence-electron chi connectivity index (χ2n) is 4.32. The van der Waals surface area contributed by atoms with Crippen LogP contribution in [0.5, 0.6) is 0 Å². The lowest BCUT2D eigenvalue weighted by Gasteiger charge is -2.12. The van der Waals surface area contributed by atoms with Gasteiger partial charge in [-0.2, -0.15) is 13.2 Å². The van der Waals surface area contributed by atoms with Gasteiger partial charge in [0, 0.05) is 16.7 Å². The first-order chi connectivity index (χ1) is 9.75. The Morgan fingerprint density at radius 2 is 1.71 bits per heavy atom. The molecule has 1 N–H and O–H groups in total. The molecule has 0 fully saturated rings. The van der Waals surface area contributed by atoms with Gasteiger partial charge in [0.05, 0.1) is 5.56 Å². The van der Waals surface area contributed by atoms with Crippen molar-refractivity contribution in [2.75, 3.05) is 5.32 Å². The zero-order chi connectivity index (χ0) is 15.6. The Bertz CT molecular complexity index is 634. The molecule has 0 aliphatic rings. The predicted octanol–water partition coefficient (Wildman–Crippen LogP) is 5.36. The van der Waals surface area contributed by atoms with Gasteiger partial charge in [-0.3, -0.25) is 0 Å². The molecule has 0 aliphatic carbocycles. The minimum absolute atomic E-state index is 0.101. The van der Waals surface area contributed by atoms with Crippen LogP contribution in [0.3, 0.4) is 0 Å². The van der Waals surface area contributed by atoms with Gasteiger partial charge in [-0.25, -0.2) is 8.78 Å². The average molecular weight is 366 g/mol. The molecular weight excluding hydrogens is 357 g/mol. The summed E-state index contributed by atoms with van der Waals surface area (Å²) >= 11 is 3.12. The van der Waals surface area contributed by atoms with Crippen LogP contribution in [0.1, 0.15) is 11.1 Å². The third-order valence-corrected chi connectivity index (χ3v) is 3.15. The van der Waals surface area contributed by atoms with Gasteiger partial charge in [0.1, 0.15) is 11.6 Å². The molecule has 2 aromatic rings. The normalized spacial score (nSPS) is 11.5. The highest BCUT2D eigenvalue weighted by atomic mass is 79.9. The molecule has 0 atom stereocenters. The highest BCUT2D eigenvalue weighted by Crippen LogP contribution is 2.33. The van der Waals surface area contributed by atoms with Gasteiger partial charge in [-0.15, -0.1) is 0 Å². The third-order valence-electron chi connectivity index (χ3n) is 2.69. The maximum atomic E-state index is 13.2. The number of anilines is 1. The third kappa shape index (κ3) is 4.17. The molecule has 0 spiro atoms. The van der Waals surface area contributed by atoms with E-state index in [0.717, 1.165) is 6.07 Å². The Morgan fingerprint density at radius 1 is 1.00 bits per heavy atom. The fraction of sp³-hybridized carbons (Fsp3) is 0.143. The summed E-state index contributed by atoms with van der Waals surface area (Å²) in [4.78, 5) is 0. The quantitative estimate of drug-likeness (QED) is 0.722. The van der Waals surface area contributed by atoms with Gasteiger partial charge in [-0.05, 0) is 42.0 Å². The van der Waals surface area contributed by atoms with E-state index >= 15 is 0 Å². The molecule has 0 saturated carbocycles.